The second-order valence-corrected chi connectivity index (χ2v) is 6.45. The van der Waals surface area contributed by atoms with E-state index in [-0.39, 0.29) is 18.0 Å². The molecule has 0 unspecified atom stereocenters. The van der Waals surface area contributed by atoms with Crippen LogP contribution in [0.5, 0.6) is 0 Å². The van der Waals surface area contributed by atoms with E-state index >= 15 is 0 Å². The van der Waals surface area contributed by atoms with Crippen LogP contribution >= 0.6 is 0 Å². The molecule has 1 saturated heterocycles. The molecule has 3 rings (SSSR count). The number of para-hydroxylation sites is 1. The normalized spacial score (nSPS) is 27.1. The Morgan fingerprint density at radius 3 is 2.70 bits per heavy atom. The zero-order chi connectivity index (χ0) is 16.4. The van der Waals surface area contributed by atoms with E-state index in [9.17, 15) is 9.59 Å². The highest BCUT2D eigenvalue weighted by Gasteiger charge is 2.48. The Morgan fingerprint density at radius 2 is 2.04 bits per heavy atom. The van der Waals surface area contributed by atoms with Crippen molar-refractivity contribution in [1.82, 2.24) is 0 Å². The summed E-state index contributed by atoms with van der Waals surface area (Å²) in [5, 5.41) is 0. The summed E-state index contributed by atoms with van der Waals surface area (Å²) in [5.74, 6) is -0.186. The second kappa shape index (κ2) is 6.22. The van der Waals surface area contributed by atoms with E-state index in [0.29, 0.717) is 38.8 Å². The molecule has 2 fully saturated rings. The molecule has 1 aromatic carbocycles. The van der Waals surface area contributed by atoms with Crippen LogP contribution < -0.4 is 4.90 Å². The van der Waals surface area contributed by atoms with Crippen molar-refractivity contribution >= 4 is 17.7 Å². The van der Waals surface area contributed by atoms with Crippen LogP contribution in [0.1, 0.15) is 38.2 Å². The van der Waals surface area contributed by atoms with Crippen molar-refractivity contribution in [3.63, 3.8) is 0 Å². The highest BCUT2D eigenvalue weighted by Crippen LogP contribution is 2.41. The summed E-state index contributed by atoms with van der Waals surface area (Å²) in [5.41, 5.74) is 1.51. The molecular formula is C18H23NO4. The van der Waals surface area contributed by atoms with Gasteiger partial charge in [-0.25, -0.2) is 4.79 Å². The number of nitrogens with zero attached hydrogens (tertiary/aromatic N) is 1. The summed E-state index contributed by atoms with van der Waals surface area (Å²) in [6.45, 7) is 4.79. The molecule has 1 amide bonds. The molecule has 1 aliphatic heterocycles. The lowest BCUT2D eigenvalue weighted by Crippen LogP contribution is -2.40. The Balaban J connectivity index is 1.69. The van der Waals surface area contributed by atoms with Gasteiger partial charge in [0.2, 0.25) is 0 Å². The fraction of sp³-hybridized carbons (Fsp3) is 0.556. The van der Waals surface area contributed by atoms with Gasteiger partial charge in [-0.15, -0.1) is 0 Å². The van der Waals surface area contributed by atoms with Crippen LogP contribution in [0.3, 0.4) is 0 Å². The van der Waals surface area contributed by atoms with Crippen molar-refractivity contribution < 1.29 is 19.1 Å². The van der Waals surface area contributed by atoms with Gasteiger partial charge in [-0.3, -0.25) is 9.69 Å². The molecule has 0 atom stereocenters. The summed E-state index contributed by atoms with van der Waals surface area (Å²) in [4.78, 5) is 25.9. The van der Waals surface area contributed by atoms with Gasteiger partial charge in [0.25, 0.3) is 0 Å². The molecule has 1 saturated carbocycles. The van der Waals surface area contributed by atoms with Crippen molar-refractivity contribution in [1.29, 1.82) is 0 Å². The number of hydrogen-bond donors (Lipinski definition) is 0. The maximum absolute atomic E-state index is 12.3. The fourth-order valence-electron chi connectivity index (χ4n) is 3.57. The molecule has 0 aromatic heterocycles. The highest BCUT2D eigenvalue weighted by atomic mass is 16.6. The number of carbonyl (C=O) groups is 2. The minimum atomic E-state index is -0.456. The van der Waals surface area contributed by atoms with Gasteiger partial charge in [-0.05, 0) is 51.2 Å². The summed E-state index contributed by atoms with van der Waals surface area (Å²) >= 11 is 0. The number of anilines is 1. The zero-order valence-electron chi connectivity index (χ0n) is 13.7. The van der Waals surface area contributed by atoms with Gasteiger partial charge < -0.3 is 9.47 Å². The number of hydrogen-bond acceptors (Lipinski definition) is 4. The molecule has 5 heteroatoms. The summed E-state index contributed by atoms with van der Waals surface area (Å²) in [7, 11) is 0. The first kappa shape index (κ1) is 15.8. The minimum Gasteiger partial charge on any atom is -0.466 e. The maximum Gasteiger partial charge on any atom is 0.415 e. The lowest BCUT2D eigenvalue weighted by Gasteiger charge is -2.34. The average Bonchev–Trinajstić information content (AvgIpc) is 2.85. The van der Waals surface area contributed by atoms with Crippen molar-refractivity contribution in [3.8, 4) is 0 Å². The number of esters is 1. The Morgan fingerprint density at radius 1 is 1.35 bits per heavy atom. The zero-order valence-corrected chi connectivity index (χ0v) is 13.7. The molecular weight excluding hydrogens is 294 g/mol. The Bertz CT molecular complexity index is 605. The van der Waals surface area contributed by atoms with E-state index in [4.69, 9.17) is 9.47 Å². The molecule has 1 aromatic rings. The van der Waals surface area contributed by atoms with Gasteiger partial charge in [-0.2, -0.15) is 0 Å². The third-order valence-corrected chi connectivity index (χ3v) is 4.89. The summed E-state index contributed by atoms with van der Waals surface area (Å²) in [6, 6.07) is 7.82. The second-order valence-electron chi connectivity index (χ2n) is 6.45. The van der Waals surface area contributed by atoms with E-state index in [0.717, 1.165) is 11.3 Å². The number of aryl methyl sites for hydroxylation is 1. The van der Waals surface area contributed by atoms with Crippen molar-refractivity contribution in [3.05, 3.63) is 29.8 Å². The molecule has 1 heterocycles. The van der Waals surface area contributed by atoms with E-state index in [1.165, 1.54) is 0 Å². The molecule has 0 radical (unpaired) electrons. The Labute approximate surface area is 136 Å². The molecule has 124 valence electrons. The Hall–Kier alpha value is -2.04. The minimum absolute atomic E-state index is 0.0632. The first-order valence-electron chi connectivity index (χ1n) is 8.27. The number of benzene rings is 1. The van der Waals surface area contributed by atoms with Crippen LogP contribution in [-0.2, 0) is 14.3 Å². The highest BCUT2D eigenvalue weighted by molar-refractivity contribution is 5.91. The van der Waals surface area contributed by atoms with E-state index in [1.807, 2.05) is 38.1 Å². The lowest BCUT2D eigenvalue weighted by atomic mass is 9.78. The van der Waals surface area contributed by atoms with Crippen molar-refractivity contribution in [2.45, 2.75) is 45.1 Å². The number of rotatable bonds is 3. The monoisotopic (exact) mass is 317 g/mol. The van der Waals surface area contributed by atoms with Gasteiger partial charge >= 0.3 is 12.1 Å². The standard InChI is InChI=1S/C18H23NO4/c1-3-22-16(20)14-8-10-18(11-9-14)12-19(17(21)23-18)15-7-5-4-6-13(15)2/h4-7,14H,3,8-12H2,1-2H3/t14-,18-. The third kappa shape index (κ3) is 3.05. The SMILES string of the molecule is CCOC(=O)[C@H]1CC[C@]2(CC1)CN(c1ccccc1C)C(=O)O2. The van der Waals surface area contributed by atoms with Gasteiger partial charge in [0.15, 0.2) is 0 Å². The first-order chi connectivity index (χ1) is 11.0. The van der Waals surface area contributed by atoms with Crippen LogP contribution in [0.15, 0.2) is 24.3 Å². The molecule has 5 nitrogen and oxygen atoms in total. The van der Waals surface area contributed by atoms with Crippen LogP contribution in [0.2, 0.25) is 0 Å². The fourth-order valence-corrected chi connectivity index (χ4v) is 3.57. The predicted molar refractivity (Wildman–Crippen MR) is 86.3 cm³/mol. The maximum atomic E-state index is 12.3. The molecule has 2 aliphatic rings. The van der Waals surface area contributed by atoms with E-state index < -0.39 is 5.60 Å². The topological polar surface area (TPSA) is 55.8 Å². The molecule has 0 bridgehead atoms. The number of amides is 1. The summed E-state index contributed by atoms with van der Waals surface area (Å²) in [6.07, 6.45) is 2.57. The van der Waals surface area contributed by atoms with Crippen molar-refractivity contribution in [2.24, 2.45) is 5.92 Å². The molecule has 1 aliphatic carbocycles. The molecule has 0 N–H and O–H groups in total. The summed E-state index contributed by atoms with van der Waals surface area (Å²) < 4.78 is 10.8. The van der Waals surface area contributed by atoms with E-state index in [2.05, 4.69) is 0 Å². The smallest absolute Gasteiger partial charge is 0.415 e. The van der Waals surface area contributed by atoms with Crippen molar-refractivity contribution in [2.75, 3.05) is 18.1 Å². The van der Waals surface area contributed by atoms with Gasteiger partial charge in [0, 0.05) is 0 Å². The molecule has 1 spiro atoms. The van der Waals surface area contributed by atoms with Gasteiger partial charge in [0.05, 0.1) is 24.8 Å². The predicted octanol–water partition coefficient (Wildman–Crippen LogP) is 3.44. The van der Waals surface area contributed by atoms with Crippen LogP contribution in [0.25, 0.3) is 0 Å². The quantitative estimate of drug-likeness (QED) is 0.801. The number of carbonyl (C=O) groups excluding carboxylic acids is 2. The third-order valence-electron chi connectivity index (χ3n) is 4.89. The largest absolute Gasteiger partial charge is 0.466 e. The van der Waals surface area contributed by atoms with Crippen LogP contribution in [-0.4, -0.2) is 30.8 Å². The van der Waals surface area contributed by atoms with Crippen LogP contribution in [0.4, 0.5) is 10.5 Å². The van der Waals surface area contributed by atoms with Gasteiger partial charge in [0.1, 0.15) is 5.60 Å². The first-order valence-corrected chi connectivity index (χ1v) is 8.27. The average molecular weight is 317 g/mol. The van der Waals surface area contributed by atoms with Gasteiger partial charge in [-0.1, -0.05) is 18.2 Å². The lowest BCUT2D eigenvalue weighted by molar-refractivity contribution is -0.150. The molecule has 23 heavy (non-hydrogen) atoms. The number of ether oxygens (including phenoxy) is 2. The van der Waals surface area contributed by atoms with E-state index in [1.54, 1.807) is 4.90 Å². The Kier molecular flexibility index (Phi) is 4.28. The van der Waals surface area contributed by atoms with Crippen LogP contribution in [0, 0.1) is 12.8 Å².